The van der Waals surface area contributed by atoms with Gasteiger partial charge in [-0.1, -0.05) is 0 Å². The number of halogens is 3. The zero-order valence-electron chi connectivity index (χ0n) is 15.8. The first-order valence-corrected chi connectivity index (χ1v) is 9.43. The Labute approximate surface area is 177 Å². The highest BCUT2D eigenvalue weighted by Gasteiger charge is 2.27. The number of hydrogen-bond acceptors (Lipinski definition) is 3. The van der Waals surface area contributed by atoms with Gasteiger partial charge >= 0.3 is 0 Å². The molecule has 2 heterocycles. The number of morpholine rings is 1. The fourth-order valence-corrected chi connectivity index (χ4v) is 3.57. The van der Waals surface area contributed by atoms with Gasteiger partial charge in [0.05, 0.1) is 19.8 Å². The minimum absolute atomic E-state index is 0. The number of nitrogens with one attached hydrogen (secondary N) is 1. The van der Waals surface area contributed by atoms with E-state index in [0.717, 1.165) is 77.0 Å². The van der Waals surface area contributed by atoms with Gasteiger partial charge in [-0.15, -0.1) is 24.0 Å². The van der Waals surface area contributed by atoms with E-state index < -0.39 is 11.6 Å². The van der Waals surface area contributed by atoms with Crippen molar-refractivity contribution in [2.45, 2.75) is 19.9 Å². The highest BCUT2D eigenvalue weighted by molar-refractivity contribution is 14.0. The molecular formula is C19H29F2IN4O. The van der Waals surface area contributed by atoms with Crippen molar-refractivity contribution in [2.75, 3.05) is 52.5 Å². The highest BCUT2D eigenvalue weighted by Crippen LogP contribution is 2.19. The Hall–Kier alpha value is -1.00. The van der Waals surface area contributed by atoms with E-state index in [1.54, 1.807) is 0 Å². The van der Waals surface area contributed by atoms with Crippen LogP contribution in [0.2, 0.25) is 0 Å². The van der Waals surface area contributed by atoms with Crippen LogP contribution in [0.25, 0.3) is 0 Å². The molecule has 0 aliphatic carbocycles. The SMILES string of the molecule is CCNC(=NCc1cc(F)ccc1F)N1CCC(CN2CCOCC2)C1.I. The summed E-state index contributed by atoms with van der Waals surface area (Å²) in [5.41, 5.74) is 0.282. The molecule has 0 amide bonds. The molecule has 1 atom stereocenters. The van der Waals surface area contributed by atoms with Gasteiger partial charge in [0.1, 0.15) is 11.6 Å². The standard InChI is InChI=1S/C19H28F2N4O.HI/c1-2-22-19(23-12-16-11-17(20)3-4-18(16)21)25-6-5-15(14-25)13-24-7-9-26-10-8-24;/h3-4,11,15H,2,5-10,12-14H2,1H3,(H,22,23);1H. The van der Waals surface area contributed by atoms with E-state index >= 15 is 0 Å². The zero-order valence-corrected chi connectivity index (χ0v) is 18.1. The van der Waals surface area contributed by atoms with Crippen LogP contribution in [0.1, 0.15) is 18.9 Å². The topological polar surface area (TPSA) is 40.1 Å². The van der Waals surface area contributed by atoms with Crippen molar-refractivity contribution in [1.29, 1.82) is 0 Å². The molecule has 5 nitrogen and oxygen atoms in total. The molecule has 1 aromatic carbocycles. The van der Waals surface area contributed by atoms with Crippen LogP contribution in [0.15, 0.2) is 23.2 Å². The summed E-state index contributed by atoms with van der Waals surface area (Å²) in [7, 11) is 0. The molecule has 2 aliphatic rings. The second-order valence-corrected chi connectivity index (χ2v) is 6.92. The van der Waals surface area contributed by atoms with Crippen molar-refractivity contribution in [2.24, 2.45) is 10.9 Å². The number of guanidine groups is 1. The lowest BCUT2D eigenvalue weighted by atomic mass is 10.1. The number of nitrogens with zero attached hydrogens (tertiary/aromatic N) is 3. The van der Waals surface area contributed by atoms with Crippen LogP contribution in [0.5, 0.6) is 0 Å². The van der Waals surface area contributed by atoms with Gasteiger partial charge < -0.3 is 15.0 Å². The largest absolute Gasteiger partial charge is 0.379 e. The minimum Gasteiger partial charge on any atom is -0.379 e. The van der Waals surface area contributed by atoms with E-state index in [0.29, 0.717) is 5.92 Å². The van der Waals surface area contributed by atoms with Gasteiger partial charge in [-0.25, -0.2) is 13.8 Å². The predicted molar refractivity (Wildman–Crippen MR) is 114 cm³/mol. The number of aliphatic imine (C=N–C) groups is 1. The molecule has 27 heavy (non-hydrogen) atoms. The van der Waals surface area contributed by atoms with Crippen LogP contribution in [0.4, 0.5) is 8.78 Å². The lowest BCUT2D eigenvalue weighted by Crippen LogP contribution is -2.42. The number of benzene rings is 1. The Morgan fingerprint density at radius 1 is 1.26 bits per heavy atom. The average Bonchev–Trinajstić information content (AvgIpc) is 3.10. The molecule has 0 saturated carbocycles. The third-order valence-electron chi connectivity index (χ3n) is 4.95. The molecule has 2 saturated heterocycles. The first kappa shape index (κ1) is 22.3. The summed E-state index contributed by atoms with van der Waals surface area (Å²) in [6, 6.07) is 3.50. The molecule has 0 spiro atoms. The quantitative estimate of drug-likeness (QED) is 0.389. The monoisotopic (exact) mass is 494 g/mol. The summed E-state index contributed by atoms with van der Waals surface area (Å²) < 4.78 is 32.6. The van der Waals surface area contributed by atoms with E-state index in [1.165, 1.54) is 6.07 Å². The van der Waals surface area contributed by atoms with Crippen molar-refractivity contribution in [3.05, 3.63) is 35.4 Å². The van der Waals surface area contributed by atoms with E-state index in [9.17, 15) is 8.78 Å². The summed E-state index contributed by atoms with van der Waals surface area (Å²) in [5, 5.41) is 3.28. The van der Waals surface area contributed by atoms with E-state index in [2.05, 4.69) is 20.1 Å². The molecular weight excluding hydrogens is 465 g/mol. The van der Waals surface area contributed by atoms with Gasteiger partial charge in [-0.05, 0) is 37.5 Å². The molecule has 8 heteroatoms. The Kier molecular flexibility index (Phi) is 9.17. The third kappa shape index (κ3) is 6.53. The van der Waals surface area contributed by atoms with E-state index in [1.807, 2.05) is 6.92 Å². The summed E-state index contributed by atoms with van der Waals surface area (Å²) in [6.07, 6.45) is 1.12. The summed E-state index contributed by atoms with van der Waals surface area (Å²) in [4.78, 5) is 9.23. The Morgan fingerprint density at radius 2 is 2.04 bits per heavy atom. The lowest BCUT2D eigenvalue weighted by molar-refractivity contribution is 0.0315. The normalized spacial score (nSPS) is 21.2. The smallest absolute Gasteiger partial charge is 0.194 e. The van der Waals surface area contributed by atoms with Crippen LogP contribution in [0, 0.1) is 17.6 Å². The molecule has 152 valence electrons. The number of likely N-dealkylation sites (tertiary alicyclic amines) is 1. The molecule has 3 rings (SSSR count). The molecule has 2 aliphatic heterocycles. The van der Waals surface area contributed by atoms with Gasteiger partial charge in [-0.3, -0.25) is 4.90 Å². The maximum atomic E-state index is 13.8. The summed E-state index contributed by atoms with van der Waals surface area (Å²) >= 11 is 0. The van der Waals surface area contributed by atoms with Crippen LogP contribution in [-0.4, -0.2) is 68.2 Å². The first-order chi connectivity index (χ1) is 12.7. The van der Waals surface area contributed by atoms with Crippen LogP contribution in [-0.2, 0) is 11.3 Å². The summed E-state index contributed by atoms with van der Waals surface area (Å²) in [5.74, 6) is 0.523. The second-order valence-electron chi connectivity index (χ2n) is 6.92. The first-order valence-electron chi connectivity index (χ1n) is 9.43. The van der Waals surface area contributed by atoms with E-state index in [-0.39, 0.29) is 36.1 Å². The van der Waals surface area contributed by atoms with Crippen molar-refractivity contribution in [3.8, 4) is 0 Å². The fourth-order valence-electron chi connectivity index (χ4n) is 3.57. The number of hydrogen-bond donors (Lipinski definition) is 1. The van der Waals surface area contributed by atoms with E-state index in [4.69, 9.17) is 4.74 Å². The lowest BCUT2D eigenvalue weighted by Gasteiger charge is -2.29. The molecule has 0 radical (unpaired) electrons. The third-order valence-corrected chi connectivity index (χ3v) is 4.95. The Morgan fingerprint density at radius 3 is 2.78 bits per heavy atom. The van der Waals surface area contributed by atoms with Crippen LogP contribution < -0.4 is 5.32 Å². The van der Waals surface area contributed by atoms with Crippen LogP contribution in [0.3, 0.4) is 0 Å². The Bertz CT molecular complexity index is 626. The van der Waals surface area contributed by atoms with Crippen molar-refractivity contribution < 1.29 is 13.5 Å². The van der Waals surface area contributed by atoms with Gasteiger partial charge in [0, 0.05) is 44.8 Å². The maximum Gasteiger partial charge on any atom is 0.194 e. The van der Waals surface area contributed by atoms with Crippen molar-refractivity contribution in [3.63, 3.8) is 0 Å². The van der Waals surface area contributed by atoms with Gasteiger partial charge in [0.2, 0.25) is 0 Å². The Balaban J connectivity index is 0.00000261. The minimum atomic E-state index is -0.437. The number of rotatable bonds is 5. The molecule has 0 bridgehead atoms. The number of ether oxygens (including phenoxy) is 1. The van der Waals surface area contributed by atoms with Crippen molar-refractivity contribution in [1.82, 2.24) is 15.1 Å². The van der Waals surface area contributed by atoms with Gasteiger partial charge in [0.25, 0.3) is 0 Å². The molecule has 2 fully saturated rings. The molecule has 1 unspecified atom stereocenters. The molecule has 1 N–H and O–H groups in total. The van der Waals surface area contributed by atoms with Crippen molar-refractivity contribution >= 4 is 29.9 Å². The summed E-state index contributed by atoms with van der Waals surface area (Å²) in [6.45, 7) is 9.50. The fraction of sp³-hybridized carbons (Fsp3) is 0.632. The highest BCUT2D eigenvalue weighted by atomic mass is 127. The molecule has 1 aromatic rings. The average molecular weight is 494 g/mol. The van der Waals surface area contributed by atoms with Gasteiger partial charge in [0.15, 0.2) is 5.96 Å². The molecule has 0 aromatic heterocycles. The second kappa shape index (κ2) is 11.1. The maximum absolute atomic E-state index is 13.8. The predicted octanol–water partition coefficient (Wildman–Crippen LogP) is 2.70. The zero-order chi connectivity index (χ0) is 18.4. The van der Waals surface area contributed by atoms with Gasteiger partial charge in [-0.2, -0.15) is 0 Å². The van der Waals surface area contributed by atoms with Crippen LogP contribution >= 0.6 is 24.0 Å².